The zero-order chi connectivity index (χ0) is 27.7. The zero-order valence-electron chi connectivity index (χ0n) is 24.0. The highest BCUT2D eigenvalue weighted by atomic mass is 32.2. The molecule has 5 nitrogen and oxygen atoms in total. The number of esters is 1. The van der Waals surface area contributed by atoms with Crippen LogP contribution in [0.5, 0.6) is 5.75 Å². The lowest BCUT2D eigenvalue weighted by molar-refractivity contribution is -0.129. The molecular formula is C32H54O5S. The average molecular weight is 551 g/mol. The van der Waals surface area contributed by atoms with Crippen LogP contribution >= 0.6 is 0 Å². The Hall–Kier alpha value is -1.66. The van der Waals surface area contributed by atoms with E-state index in [9.17, 15) is 13.2 Å². The first-order chi connectivity index (χ1) is 18.4. The van der Waals surface area contributed by atoms with E-state index in [0.717, 1.165) is 12.8 Å². The summed E-state index contributed by atoms with van der Waals surface area (Å²) >= 11 is 0. The highest BCUT2D eigenvalue weighted by Crippen LogP contribution is 2.17. The van der Waals surface area contributed by atoms with Crippen LogP contribution in [-0.4, -0.2) is 18.9 Å². The number of unbranched alkanes of at least 4 members (excludes halogenated alkanes) is 21. The minimum absolute atomic E-state index is 0.234. The maximum atomic E-state index is 11.8. The first-order valence-corrected chi connectivity index (χ1v) is 16.8. The Bertz CT molecular complexity index is 830. The molecule has 0 spiro atoms. The molecule has 6 heteroatoms. The van der Waals surface area contributed by atoms with Gasteiger partial charge in [-0.1, -0.05) is 141 Å². The molecule has 1 N–H and O–H groups in total. The Kier molecular flexibility index (Phi) is 21.0. The van der Waals surface area contributed by atoms with Gasteiger partial charge in [0, 0.05) is 6.08 Å². The van der Waals surface area contributed by atoms with Gasteiger partial charge in [-0.05, 0) is 37.1 Å². The molecular weight excluding hydrogens is 496 g/mol. The van der Waals surface area contributed by atoms with Gasteiger partial charge in [-0.25, -0.2) is 4.79 Å². The fourth-order valence-electron chi connectivity index (χ4n) is 4.70. The summed E-state index contributed by atoms with van der Waals surface area (Å²) in [6.45, 7) is 2.28. The van der Waals surface area contributed by atoms with Crippen LogP contribution in [0.2, 0.25) is 0 Å². The molecule has 0 unspecified atom stereocenters. The van der Waals surface area contributed by atoms with Gasteiger partial charge in [-0.15, -0.1) is 0 Å². The molecule has 0 saturated carbocycles. The molecule has 218 valence electrons. The second kappa shape index (κ2) is 23.2. The summed E-state index contributed by atoms with van der Waals surface area (Å²) in [5.74, 6) is -0.255. The van der Waals surface area contributed by atoms with Crippen molar-refractivity contribution in [3.63, 3.8) is 0 Å². The van der Waals surface area contributed by atoms with Crippen molar-refractivity contribution in [2.24, 2.45) is 0 Å². The van der Waals surface area contributed by atoms with Crippen molar-refractivity contribution < 1.29 is 22.5 Å². The standard InChI is InChI=1S/C32H54O5S/c1-2-3-4-5-6-7-8-9-10-11-12-13-14-15-16-17-18-19-20-21-22-23-24-25-32(33)37-30-26-28-31(29-27-30)38(34,35)36/h24-29H,2-23H2,1H3,(H,34,35,36). The van der Waals surface area contributed by atoms with Crippen LogP contribution in [-0.2, 0) is 14.9 Å². The smallest absolute Gasteiger partial charge is 0.335 e. The minimum atomic E-state index is -4.25. The fraction of sp³-hybridized carbons (Fsp3) is 0.719. The summed E-state index contributed by atoms with van der Waals surface area (Å²) in [6, 6.07) is 5.08. The molecule has 1 rings (SSSR count). The van der Waals surface area contributed by atoms with E-state index in [0.29, 0.717) is 0 Å². The number of rotatable bonds is 25. The summed E-state index contributed by atoms with van der Waals surface area (Å²) in [5, 5.41) is 0. The van der Waals surface area contributed by atoms with E-state index < -0.39 is 16.1 Å². The van der Waals surface area contributed by atoms with Crippen LogP contribution in [0, 0.1) is 0 Å². The lowest BCUT2D eigenvalue weighted by Gasteiger charge is -2.04. The third-order valence-electron chi connectivity index (χ3n) is 7.07. The van der Waals surface area contributed by atoms with E-state index in [2.05, 4.69) is 6.92 Å². The van der Waals surface area contributed by atoms with Crippen LogP contribution in [0.3, 0.4) is 0 Å². The molecule has 0 radical (unpaired) electrons. The van der Waals surface area contributed by atoms with E-state index in [-0.39, 0.29) is 10.6 Å². The number of benzene rings is 1. The summed E-state index contributed by atoms with van der Waals surface area (Å²) < 4.78 is 36.1. The van der Waals surface area contributed by atoms with Gasteiger partial charge in [0.25, 0.3) is 10.1 Å². The molecule has 1 aromatic carbocycles. The van der Waals surface area contributed by atoms with E-state index in [1.807, 2.05) is 6.08 Å². The fourth-order valence-corrected chi connectivity index (χ4v) is 5.18. The van der Waals surface area contributed by atoms with Gasteiger partial charge in [0.15, 0.2) is 0 Å². The first-order valence-electron chi connectivity index (χ1n) is 15.4. The quantitative estimate of drug-likeness (QED) is 0.0430. The predicted octanol–water partition coefficient (Wildman–Crippen LogP) is 10.00. The highest BCUT2D eigenvalue weighted by Gasteiger charge is 2.09. The van der Waals surface area contributed by atoms with Crippen molar-refractivity contribution in [3.05, 3.63) is 36.4 Å². The van der Waals surface area contributed by atoms with Gasteiger partial charge in [0.1, 0.15) is 5.75 Å². The Labute approximate surface area is 233 Å². The maximum Gasteiger partial charge on any atom is 0.335 e. The van der Waals surface area contributed by atoms with Gasteiger partial charge in [-0.2, -0.15) is 8.42 Å². The Balaban J connectivity index is 1.82. The predicted molar refractivity (Wildman–Crippen MR) is 158 cm³/mol. The molecule has 0 aliphatic rings. The zero-order valence-corrected chi connectivity index (χ0v) is 24.8. The van der Waals surface area contributed by atoms with Crippen molar-refractivity contribution in [1.82, 2.24) is 0 Å². The summed E-state index contributed by atoms with van der Waals surface area (Å²) in [4.78, 5) is 11.6. The van der Waals surface area contributed by atoms with E-state index in [1.54, 1.807) is 0 Å². The molecule has 0 fully saturated rings. The van der Waals surface area contributed by atoms with Crippen LogP contribution in [0.1, 0.15) is 148 Å². The molecule has 38 heavy (non-hydrogen) atoms. The SMILES string of the molecule is CCCCCCCCCCCCCCCCCCCCCCCC=CC(=O)Oc1ccc(S(=O)(=O)O)cc1. The normalized spacial score (nSPS) is 11.8. The molecule has 0 bridgehead atoms. The third kappa shape index (κ3) is 20.3. The number of carbonyl (C=O) groups is 1. The lowest BCUT2D eigenvalue weighted by Crippen LogP contribution is -2.04. The number of hydrogen-bond donors (Lipinski definition) is 1. The first kappa shape index (κ1) is 34.4. The number of carbonyl (C=O) groups excluding carboxylic acids is 1. The van der Waals surface area contributed by atoms with Gasteiger partial charge >= 0.3 is 5.97 Å². The van der Waals surface area contributed by atoms with E-state index in [4.69, 9.17) is 9.29 Å². The monoisotopic (exact) mass is 550 g/mol. The lowest BCUT2D eigenvalue weighted by atomic mass is 10.0. The molecule has 0 aromatic heterocycles. The summed E-state index contributed by atoms with van der Waals surface area (Å²) in [5.41, 5.74) is 0. The van der Waals surface area contributed by atoms with Crippen molar-refractivity contribution >= 4 is 16.1 Å². The Morgan fingerprint density at radius 3 is 1.39 bits per heavy atom. The number of hydrogen-bond acceptors (Lipinski definition) is 4. The highest BCUT2D eigenvalue weighted by molar-refractivity contribution is 7.85. The summed E-state index contributed by atoms with van der Waals surface area (Å²) in [6.07, 6.45) is 32.8. The Morgan fingerprint density at radius 1 is 0.658 bits per heavy atom. The van der Waals surface area contributed by atoms with Crippen LogP contribution < -0.4 is 4.74 Å². The van der Waals surface area contributed by atoms with Gasteiger partial charge in [0.2, 0.25) is 0 Å². The molecule has 0 aliphatic heterocycles. The van der Waals surface area contributed by atoms with E-state index in [1.165, 1.54) is 159 Å². The molecule has 0 aliphatic carbocycles. The van der Waals surface area contributed by atoms with Gasteiger partial charge < -0.3 is 4.74 Å². The number of ether oxygens (including phenoxy) is 1. The van der Waals surface area contributed by atoms with Gasteiger partial charge in [0.05, 0.1) is 4.90 Å². The largest absolute Gasteiger partial charge is 0.423 e. The van der Waals surface area contributed by atoms with Gasteiger partial charge in [-0.3, -0.25) is 4.55 Å². The van der Waals surface area contributed by atoms with Crippen molar-refractivity contribution in [2.75, 3.05) is 0 Å². The van der Waals surface area contributed by atoms with E-state index >= 15 is 0 Å². The Morgan fingerprint density at radius 2 is 1.03 bits per heavy atom. The van der Waals surface area contributed by atoms with Crippen LogP contribution in [0.15, 0.2) is 41.3 Å². The average Bonchev–Trinajstić information content (AvgIpc) is 2.89. The third-order valence-corrected chi connectivity index (χ3v) is 7.94. The molecule has 0 amide bonds. The minimum Gasteiger partial charge on any atom is -0.423 e. The second-order valence-electron chi connectivity index (χ2n) is 10.6. The summed E-state index contributed by atoms with van der Waals surface area (Å²) in [7, 11) is -4.25. The topological polar surface area (TPSA) is 80.7 Å². The molecule has 0 atom stereocenters. The second-order valence-corrected chi connectivity index (χ2v) is 12.1. The van der Waals surface area contributed by atoms with Crippen LogP contribution in [0.4, 0.5) is 0 Å². The number of allylic oxidation sites excluding steroid dienone is 1. The molecule has 0 heterocycles. The van der Waals surface area contributed by atoms with Crippen molar-refractivity contribution in [3.8, 4) is 5.75 Å². The molecule has 0 saturated heterocycles. The van der Waals surface area contributed by atoms with Crippen LogP contribution in [0.25, 0.3) is 0 Å². The maximum absolute atomic E-state index is 11.8. The molecule has 1 aromatic rings. The van der Waals surface area contributed by atoms with Crippen molar-refractivity contribution in [1.29, 1.82) is 0 Å². The van der Waals surface area contributed by atoms with Crippen molar-refractivity contribution in [2.45, 2.75) is 153 Å².